The van der Waals surface area contributed by atoms with Crippen LogP contribution in [-0.2, 0) is 0 Å². The lowest BCUT2D eigenvalue weighted by Gasteiger charge is -2.09. The quantitative estimate of drug-likeness (QED) is 0.484. The van der Waals surface area contributed by atoms with Crippen molar-refractivity contribution >= 4 is 11.5 Å². The SMILES string of the molecule is Cc1cc(C)c(C(=O)c2cccc([N+](=O)[O-])c2)cc1C. The number of nitrogens with zero attached hydrogens (tertiary/aromatic N) is 1. The highest BCUT2D eigenvalue weighted by molar-refractivity contribution is 6.10. The fraction of sp³-hybridized carbons (Fsp3) is 0.188. The van der Waals surface area contributed by atoms with E-state index in [0.29, 0.717) is 11.1 Å². The average Bonchev–Trinajstić information content (AvgIpc) is 2.42. The van der Waals surface area contributed by atoms with Crippen LogP contribution in [0.15, 0.2) is 36.4 Å². The fourth-order valence-electron chi connectivity index (χ4n) is 2.12. The summed E-state index contributed by atoms with van der Waals surface area (Å²) in [6, 6.07) is 9.62. The second-order valence-electron chi connectivity index (χ2n) is 4.89. The van der Waals surface area contributed by atoms with E-state index in [0.717, 1.165) is 16.7 Å². The van der Waals surface area contributed by atoms with Crippen LogP contribution in [0.2, 0.25) is 0 Å². The van der Waals surface area contributed by atoms with Crippen LogP contribution >= 0.6 is 0 Å². The molecule has 102 valence electrons. The summed E-state index contributed by atoms with van der Waals surface area (Å²) < 4.78 is 0. The van der Waals surface area contributed by atoms with Crippen molar-refractivity contribution in [2.24, 2.45) is 0 Å². The topological polar surface area (TPSA) is 60.2 Å². The Labute approximate surface area is 117 Å². The Balaban J connectivity index is 2.49. The molecule has 0 radical (unpaired) electrons. The molecule has 0 bridgehead atoms. The van der Waals surface area contributed by atoms with Crippen LogP contribution < -0.4 is 0 Å². The number of benzene rings is 2. The third-order valence-corrected chi connectivity index (χ3v) is 3.40. The summed E-state index contributed by atoms with van der Waals surface area (Å²) in [4.78, 5) is 22.8. The second kappa shape index (κ2) is 5.25. The Hall–Kier alpha value is -2.49. The van der Waals surface area contributed by atoms with Crippen molar-refractivity contribution in [1.82, 2.24) is 0 Å². The number of hydrogen-bond donors (Lipinski definition) is 0. The van der Waals surface area contributed by atoms with Crippen molar-refractivity contribution in [3.05, 3.63) is 74.3 Å². The summed E-state index contributed by atoms with van der Waals surface area (Å²) in [6.07, 6.45) is 0. The Morgan fingerprint density at radius 2 is 1.65 bits per heavy atom. The summed E-state index contributed by atoms with van der Waals surface area (Å²) in [6.45, 7) is 5.81. The van der Waals surface area contributed by atoms with Gasteiger partial charge in [-0.25, -0.2) is 0 Å². The first-order chi connectivity index (χ1) is 9.40. The zero-order chi connectivity index (χ0) is 14.9. The zero-order valence-electron chi connectivity index (χ0n) is 11.6. The molecule has 0 fully saturated rings. The summed E-state index contributed by atoms with van der Waals surface area (Å²) in [5.74, 6) is -0.186. The van der Waals surface area contributed by atoms with E-state index < -0.39 is 4.92 Å². The molecular formula is C16H15NO3. The first kappa shape index (κ1) is 13.9. The molecule has 0 atom stereocenters. The molecule has 2 rings (SSSR count). The van der Waals surface area contributed by atoms with Crippen LogP contribution in [0.1, 0.15) is 32.6 Å². The monoisotopic (exact) mass is 269 g/mol. The Morgan fingerprint density at radius 1 is 1.00 bits per heavy atom. The Bertz CT molecular complexity index is 705. The lowest BCUT2D eigenvalue weighted by atomic mass is 9.94. The number of ketones is 1. The number of nitro groups is 1. The predicted molar refractivity (Wildman–Crippen MR) is 77.2 cm³/mol. The highest BCUT2D eigenvalue weighted by atomic mass is 16.6. The highest BCUT2D eigenvalue weighted by Gasteiger charge is 2.15. The Morgan fingerprint density at radius 3 is 2.30 bits per heavy atom. The molecule has 2 aromatic carbocycles. The largest absolute Gasteiger partial charge is 0.289 e. The molecule has 0 aliphatic rings. The molecule has 0 aliphatic carbocycles. The number of nitro benzene ring substituents is 1. The summed E-state index contributed by atoms with van der Waals surface area (Å²) in [5.41, 5.74) is 3.89. The van der Waals surface area contributed by atoms with Crippen LogP contribution in [-0.4, -0.2) is 10.7 Å². The lowest BCUT2D eigenvalue weighted by Crippen LogP contribution is -2.05. The van der Waals surface area contributed by atoms with Crippen LogP contribution in [0.4, 0.5) is 5.69 Å². The standard InChI is InChI=1S/C16H15NO3/c1-10-7-12(3)15(8-11(10)2)16(18)13-5-4-6-14(9-13)17(19)20/h4-9H,1-3H3. The van der Waals surface area contributed by atoms with Crippen molar-refractivity contribution in [2.75, 3.05) is 0 Å². The van der Waals surface area contributed by atoms with Gasteiger partial charge in [0, 0.05) is 23.3 Å². The van der Waals surface area contributed by atoms with Crippen molar-refractivity contribution < 1.29 is 9.72 Å². The third kappa shape index (κ3) is 2.59. The lowest BCUT2D eigenvalue weighted by molar-refractivity contribution is -0.384. The van der Waals surface area contributed by atoms with Gasteiger partial charge in [0.05, 0.1) is 4.92 Å². The molecule has 4 nitrogen and oxygen atoms in total. The second-order valence-corrected chi connectivity index (χ2v) is 4.89. The van der Waals surface area contributed by atoms with Crippen molar-refractivity contribution in [1.29, 1.82) is 0 Å². The summed E-state index contributed by atoms with van der Waals surface area (Å²) >= 11 is 0. The number of hydrogen-bond acceptors (Lipinski definition) is 3. The molecular weight excluding hydrogens is 254 g/mol. The van der Waals surface area contributed by atoms with Crippen LogP contribution in [0.5, 0.6) is 0 Å². The predicted octanol–water partition coefficient (Wildman–Crippen LogP) is 3.75. The molecule has 0 aliphatic heterocycles. The van der Waals surface area contributed by atoms with Crippen LogP contribution in [0, 0.1) is 30.9 Å². The Kier molecular flexibility index (Phi) is 3.66. The molecule has 0 heterocycles. The summed E-state index contributed by atoms with van der Waals surface area (Å²) in [5, 5.41) is 10.8. The van der Waals surface area contributed by atoms with E-state index in [9.17, 15) is 14.9 Å². The van der Waals surface area contributed by atoms with E-state index >= 15 is 0 Å². The highest BCUT2D eigenvalue weighted by Crippen LogP contribution is 2.21. The van der Waals surface area contributed by atoms with Gasteiger partial charge in [-0.3, -0.25) is 14.9 Å². The smallest absolute Gasteiger partial charge is 0.270 e. The maximum atomic E-state index is 12.5. The molecule has 0 amide bonds. The van der Waals surface area contributed by atoms with E-state index in [-0.39, 0.29) is 11.5 Å². The molecule has 0 spiro atoms. The molecule has 2 aromatic rings. The maximum absolute atomic E-state index is 12.5. The minimum Gasteiger partial charge on any atom is -0.289 e. The minimum atomic E-state index is -0.496. The zero-order valence-corrected chi connectivity index (χ0v) is 11.6. The van der Waals surface area contributed by atoms with Gasteiger partial charge in [0.2, 0.25) is 0 Å². The van der Waals surface area contributed by atoms with Crippen molar-refractivity contribution in [2.45, 2.75) is 20.8 Å². The molecule has 0 unspecified atom stereocenters. The molecule has 0 N–H and O–H groups in total. The minimum absolute atomic E-state index is 0.0719. The first-order valence-corrected chi connectivity index (χ1v) is 6.27. The molecule has 0 saturated heterocycles. The van der Waals surface area contributed by atoms with Crippen LogP contribution in [0.3, 0.4) is 0 Å². The molecule has 0 saturated carbocycles. The van der Waals surface area contributed by atoms with Gasteiger partial charge in [-0.05, 0) is 43.5 Å². The molecule has 0 aromatic heterocycles. The average molecular weight is 269 g/mol. The number of carbonyl (C=O) groups is 1. The van der Waals surface area contributed by atoms with Crippen molar-refractivity contribution in [3.8, 4) is 0 Å². The van der Waals surface area contributed by atoms with Gasteiger partial charge >= 0.3 is 0 Å². The van der Waals surface area contributed by atoms with Gasteiger partial charge in [0.1, 0.15) is 0 Å². The van der Waals surface area contributed by atoms with E-state index in [1.165, 1.54) is 18.2 Å². The maximum Gasteiger partial charge on any atom is 0.270 e. The van der Waals surface area contributed by atoms with E-state index in [1.807, 2.05) is 32.9 Å². The van der Waals surface area contributed by atoms with Crippen LogP contribution in [0.25, 0.3) is 0 Å². The molecule has 20 heavy (non-hydrogen) atoms. The fourth-order valence-corrected chi connectivity index (χ4v) is 2.12. The number of aryl methyl sites for hydroxylation is 3. The third-order valence-electron chi connectivity index (χ3n) is 3.40. The van der Waals surface area contributed by atoms with Gasteiger partial charge in [-0.15, -0.1) is 0 Å². The summed E-state index contributed by atoms with van der Waals surface area (Å²) in [7, 11) is 0. The number of rotatable bonds is 3. The van der Waals surface area contributed by atoms with Gasteiger partial charge in [0.15, 0.2) is 5.78 Å². The first-order valence-electron chi connectivity index (χ1n) is 6.27. The van der Waals surface area contributed by atoms with Gasteiger partial charge in [0.25, 0.3) is 5.69 Å². The molecule has 4 heteroatoms. The van der Waals surface area contributed by atoms with Gasteiger partial charge < -0.3 is 0 Å². The van der Waals surface area contributed by atoms with E-state index in [2.05, 4.69) is 0 Å². The van der Waals surface area contributed by atoms with E-state index in [4.69, 9.17) is 0 Å². The normalized spacial score (nSPS) is 10.3. The van der Waals surface area contributed by atoms with Crippen molar-refractivity contribution in [3.63, 3.8) is 0 Å². The van der Waals surface area contributed by atoms with Gasteiger partial charge in [-0.2, -0.15) is 0 Å². The van der Waals surface area contributed by atoms with E-state index in [1.54, 1.807) is 6.07 Å². The number of carbonyl (C=O) groups excluding carboxylic acids is 1. The van der Waals surface area contributed by atoms with Gasteiger partial charge in [-0.1, -0.05) is 18.2 Å². The number of non-ortho nitro benzene ring substituents is 1.